The summed E-state index contributed by atoms with van der Waals surface area (Å²) in [7, 11) is 1.76. The van der Waals surface area contributed by atoms with Crippen LogP contribution < -0.4 is 5.73 Å². The van der Waals surface area contributed by atoms with E-state index in [0.29, 0.717) is 5.70 Å². The second kappa shape index (κ2) is 2.62. The SMILES string of the molecule is C=C1C=CN(C)C(C(N)=O)=C1. The lowest BCUT2D eigenvalue weighted by Crippen LogP contribution is -2.26. The van der Waals surface area contributed by atoms with Crippen LogP contribution in [-0.2, 0) is 4.79 Å². The van der Waals surface area contributed by atoms with Gasteiger partial charge in [-0.3, -0.25) is 4.79 Å². The zero-order valence-corrected chi connectivity index (χ0v) is 6.37. The Morgan fingerprint density at radius 3 is 2.82 bits per heavy atom. The highest BCUT2D eigenvalue weighted by molar-refractivity contribution is 5.92. The fourth-order valence-corrected chi connectivity index (χ4v) is 0.858. The summed E-state index contributed by atoms with van der Waals surface area (Å²) in [4.78, 5) is 12.4. The monoisotopic (exact) mass is 150 g/mol. The lowest BCUT2D eigenvalue weighted by Gasteiger charge is -2.18. The Morgan fingerprint density at radius 2 is 2.36 bits per heavy atom. The molecule has 0 fully saturated rings. The highest BCUT2D eigenvalue weighted by Gasteiger charge is 2.11. The molecule has 1 aliphatic rings. The molecule has 0 bridgehead atoms. The van der Waals surface area contributed by atoms with E-state index in [9.17, 15) is 4.79 Å². The molecule has 1 amide bonds. The third kappa shape index (κ3) is 1.49. The molecule has 0 saturated carbocycles. The van der Waals surface area contributed by atoms with Gasteiger partial charge < -0.3 is 10.6 Å². The van der Waals surface area contributed by atoms with Crippen molar-refractivity contribution < 1.29 is 4.79 Å². The first-order valence-corrected chi connectivity index (χ1v) is 3.22. The summed E-state index contributed by atoms with van der Waals surface area (Å²) < 4.78 is 0. The van der Waals surface area contributed by atoms with Crippen molar-refractivity contribution in [2.75, 3.05) is 7.05 Å². The van der Waals surface area contributed by atoms with Crippen LogP contribution in [-0.4, -0.2) is 17.9 Å². The molecule has 0 saturated heterocycles. The topological polar surface area (TPSA) is 46.3 Å². The molecular weight excluding hydrogens is 140 g/mol. The number of likely N-dealkylation sites (N-methyl/N-ethyl adjacent to an activating group) is 1. The molecule has 0 spiro atoms. The van der Waals surface area contributed by atoms with Crippen molar-refractivity contribution in [3.8, 4) is 0 Å². The first kappa shape index (κ1) is 7.60. The zero-order chi connectivity index (χ0) is 8.43. The maximum absolute atomic E-state index is 10.7. The Morgan fingerprint density at radius 1 is 1.73 bits per heavy atom. The second-order valence-corrected chi connectivity index (χ2v) is 2.40. The normalized spacial score (nSPS) is 16.6. The van der Waals surface area contributed by atoms with Crippen LogP contribution in [0.15, 0.2) is 36.2 Å². The van der Waals surface area contributed by atoms with E-state index in [1.807, 2.05) is 6.08 Å². The number of allylic oxidation sites excluding steroid dienone is 3. The van der Waals surface area contributed by atoms with E-state index in [0.717, 1.165) is 5.57 Å². The van der Waals surface area contributed by atoms with Gasteiger partial charge >= 0.3 is 0 Å². The van der Waals surface area contributed by atoms with E-state index in [4.69, 9.17) is 5.73 Å². The van der Waals surface area contributed by atoms with Gasteiger partial charge in [0.05, 0.1) is 0 Å². The molecule has 1 rings (SSSR count). The largest absolute Gasteiger partial charge is 0.364 e. The van der Waals surface area contributed by atoms with Gasteiger partial charge in [-0.2, -0.15) is 0 Å². The highest BCUT2D eigenvalue weighted by atomic mass is 16.1. The Hall–Kier alpha value is -1.51. The van der Waals surface area contributed by atoms with Crippen LogP contribution in [0, 0.1) is 0 Å². The first-order valence-electron chi connectivity index (χ1n) is 3.22. The molecule has 1 heterocycles. The fraction of sp³-hybridized carbons (Fsp3) is 0.125. The number of primary amides is 1. The average Bonchev–Trinajstić information content (AvgIpc) is 1.94. The molecule has 0 unspecified atom stereocenters. The van der Waals surface area contributed by atoms with Crippen molar-refractivity contribution in [1.82, 2.24) is 4.90 Å². The maximum atomic E-state index is 10.7. The molecule has 3 heteroatoms. The van der Waals surface area contributed by atoms with E-state index >= 15 is 0 Å². The van der Waals surface area contributed by atoms with Crippen LogP contribution in [0.1, 0.15) is 0 Å². The molecule has 1 aliphatic heterocycles. The van der Waals surface area contributed by atoms with Crippen LogP contribution in [0.3, 0.4) is 0 Å². The molecule has 0 aliphatic carbocycles. The standard InChI is InChI=1S/C8H10N2O/c1-6-3-4-10(2)7(5-6)8(9)11/h3-5H,1H2,2H3,(H2,9,11). The molecule has 2 N–H and O–H groups in total. The number of rotatable bonds is 1. The highest BCUT2D eigenvalue weighted by Crippen LogP contribution is 2.12. The molecular formula is C8H10N2O. The van der Waals surface area contributed by atoms with Crippen molar-refractivity contribution >= 4 is 5.91 Å². The fourth-order valence-electron chi connectivity index (χ4n) is 0.858. The van der Waals surface area contributed by atoms with Gasteiger partial charge in [-0.05, 0) is 17.7 Å². The minimum atomic E-state index is -0.432. The molecule has 0 aromatic heterocycles. The number of carbonyl (C=O) groups excluding carboxylic acids is 1. The summed E-state index contributed by atoms with van der Waals surface area (Å²) in [6.07, 6.45) is 5.22. The van der Waals surface area contributed by atoms with Crippen LogP contribution in [0.25, 0.3) is 0 Å². The number of carbonyl (C=O) groups is 1. The van der Waals surface area contributed by atoms with Crippen molar-refractivity contribution in [3.05, 3.63) is 36.2 Å². The van der Waals surface area contributed by atoms with Gasteiger partial charge in [0, 0.05) is 13.2 Å². The van der Waals surface area contributed by atoms with Gasteiger partial charge in [-0.25, -0.2) is 0 Å². The summed E-state index contributed by atoms with van der Waals surface area (Å²) >= 11 is 0. The predicted octanol–water partition coefficient (Wildman–Crippen LogP) is 0.371. The quantitative estimate of drug-likeness (QED) is 0.587. The first-order chi connectivity index (χ1) is 5.11. The molecule has 0 aromatic rings. The lowest BCUT2D eigenvalue weighted by molar-refractivity contribution is -0.115. The van der Waals surface area contributed by atoms with Crippen molar-refractivity contribution in [3.63, 3.8) is 0 Å². The smallest absolute Gasteiger partial charge is 0.265 e. The maximum Gasteiger partial charge on any atom is 0.265 e. The third-order valence-corrected chi connectivity index (χ3v) is 1.47. The van der Waals surface area contributed by atoms with E-state index in [1.165, 1.54) is 0 Å². The van der Waals surface area contributed by atoms with Crippen LogP contribution in [0.4, 0.5) is 0 Å². The molecule has 58 valence electrons. The van der Waals surface area contributed by atoms with Gasteiger partial charge in [-0.1, -0.05) is 6.58 Å². The Balaban J connectivity index is 2.93. The Bertz CT molecular complexity index is 263. The summed E-state index contributed by atoms with van der Waals surface area (Å²) in [6, 6.07) is 0. The minimum absolute atomic E-state index is 0.432. The van der Waals surface area contributed by atoms with Gasteiger partial charge in [-0.15, -0.1) is 0 Å². The molecule has 11 heavy (non-hydrogen) atoms. The van der Waals surface area contributed by atoms with E-state index in [1.54, 1.807) is 24.2 Å². The van der Waals surface area contributed by atoms with Crippen molar-refractivity contribution in [2.24, 2.45) is 5.73 Å². The minimum Gasteiger partial charge on any atom is -0.364 e. The average molecular weight is 150 g/mol. The van der Waals surface area contributed by atoms with Crippen LogP contribution >= 0.6 is 0 Å². The van der Waals surface area contributed by atoms with Gasteiger partial charge in [0.15, 0.2) is 0 Å². The van der Waals surface area contributed by atoms with Gasteiger partial charge in [0.25, 0.3) is 5.91 Å². The number of nitrogens with zero attached hydrogens (tertiary/aromatic N) is 1. The summed E-state index contributed by atoms with van der Waals surface area (Å²) in [5, 5.41) is 0. The second-order valence-electron chi connectivity index (χ2n) is 2.40. The van der Waals surface area contributed by atoms with Gasteiger partial charge in [0.1, 0.15) is 5.70 Å². The number of hydrogen-bond donors (Lipinski definition) is 1. The zero-order valence-electron chi connectivity index (χ0n) is 6.37. The molecule has 0 radical (unpaired) electrons. The lowest BCUT2D eigenvalue weighted by atomic mass is 10.2. The van der Waals surface area contributed by atoms with E-state index in [-0.39, 0.29) is 0 Å². The van der Waals surface area contributed by atoms with Crippen molar-refractivity contribution in [2.45, 2.75) is 0 Å². The molecule has 0 aromatic carbocycles. The van der Waals surface area contributed by atoms with Gasteiger partial charge in [0.2, 0.25) is 0 Å². The number of nitrogens with two attached hydrogens (primary N) is 1. The number of amides is 1. The summed E-state index contributed by atoms with van der Waals surface area (Å²) in [6.45, 7) is 3.68. The predicted molar refractivity (Wildman–Crippen MR) is 43.3 cm³/mol. The molecule has 3 nitrogen and oxygen atoms in total. The number of hydrogen-bond acceptors (Lipinski definition) is 2. The summed E-state index contributed by atoms with van der Waals surface area (Å²) in [5.41, 5.74) is 6.35. The molecule has 0 atom stereocenters. The van der Waals surface area contributed by atoms with Crippen LogP contribution in [0.5, 0.6) is 0 Å². The van der Waals surface area contributed by atoms with E-state index < -0.39 is 5.91 Å². The Kier molecular flexibility index (Phi) is 1.81. The van der Waals surface area contributed by atoms with Crippen molar-refractivity contribution in [1.29, 1.82) is 0 Å². The Labute approximate surface area is 65.5 Å². The van der Waals surface area contributed by atoms with Crippen LogP contribution in [0.2, 0.25) is 0 Å². The summed E-state index contributed by atoms with van der Waals surface area (Å²) in [5.74, 6) is -0.432. The third-order valence-electron chi connectivity index (χ3n) is 1.47. The van der Waals surface area contributed by atoms with E-state index in [2.05, 4.69) is 6.58 Å².